The zero-order chi connectivity index (χ0) is 17.5. The average Bonchev–Trinajstić information content (AvgIpc) is 3.11. The summed E-state index contributed by atoms with van der Waals surface area (Å²) in [5.41, 5.74) is 9.47. The minimum atomic E-state index is 1.00. The van der Waals surface area contributed by atoms with Gasteiger partial charge in [-0.15, -0.1) is 0 Å². The molecule has 0 atom stereocenters. The maximum absolute atomic E-state index is 2.39. The first-order valence-electron chi connectivity index (χ1n) is 9.19. The zero-order valence-corrected chi connectivity index (χ0v) is 14.9. The van der Waals surface area contributed by atoms with Crippen LogP contribution in [0.3, 0.4) is 0 Å². The Labute approximate surface area is 154 Å². The lowest BCUT2D eigenvalue weighted by atomic mass is 9.86. The monoisotopic (exact) mass is 332 g/mol. The molecule has 0 amide bonds. The van der Waals surface area contributed by atoms with Crippen LogP contribution in [0.1, 0.15) is 22.3 Å². The third-order valence-corrected chi connectivity index (χ3v) is 5.32. The molecule has 1 aliphatic rings. The highest BCUT2D eigenvalue weighted by Crippen LogP contribution is 2.44. The van der Waals surface area contributed by atoms with Crippen molar-refractivity contribution in [3.8, 4) is 11.1 Å². The van der Waals surface area contributed by atoms with E-state index >= 15 is 0 Å². The summed E-state index contributed by atoms with van der Waals surface area (Å²) in [5.74, 6) is 0. The third-order valence-electron chi connectivity index (χ3n) is 5.32. The Morgan fingerprint density at radius 3 is 2.08 bits per heavy atom. The van der Waals surface area contributed by atoms with E-state index in [-0.39, 0.29) is 0 Å². The van der Waals surface area contributed by atoms with Crippen molar-refractivity contribution in [3.05, 3.63) is 113 Å². The van der Waals surface area contributed by atoms with Crippen molar-refractivity contribution in [1.82, 2.24) is 0 Å². The van der Waals surface area contributed by atoms with E-state index in [1.807, 2.05) is 0 Å². The van der Waals surface area contributed by atoms with Gasteiger partial charge in [0.15, 0.2) is 0 Å². The Morgan fingerprint density at radius 2 is 1.35 bits per heavy atom. The van der Waals surface area contributed by atoms with Gasteiger partial charge in [-0.3, -0.25) is 0 Å². The third kappa shape index (κ3) is 2.38. The predicted molar refractivity (Wildman–Crippen MR) is 111 cm³/mol. The molecule has 0 fully saturated rings. The van der Waals surface area contributed by atoms with Crippen LogP contribution in [0.2, 0.25) is 0 Å². The molecule has 5 rings (SSSR count). The van der Waals surface area contributed by atoms with Gasteiger partial charge in [-0.2, -0.15) is 0 Å². The van der Waals surface area contributed by atoms with Crippen LogP contribution in [0.25, 0.3) is 27.5 Å². The maximum Gasteiger partial charge on any atom is -0.00237 e. The van der Waals surface area contributed by atoms with Gasteiger partial charge in [0.1, 0.15) is 0 Å². The topological polar surface area (TPSA) is 0 Å². The molecule has 0 aromatic heterocycles. The molecule has 0 unspecified atom stereocenters. The number of hydrogen-bond donors (Lipinski definition) is 0. The molecular weight excluding hydrogens is 312 g/mol. The van der Waals surface area contributed by atoms with Gasteiger partial charge in [-0.25, -0.2) is 0 Å². The van der Waals surface area contributed by atoms with Crippen LogP contribution in [0, 0.1) is 6.92 Å². The average molecular weight is 332 g/mol. The number of hydrogen-bond acceptors (Lipinski definition) is 0. The molecule has 124 valence electrons. The van der Waals surface area contributed by atoms with E-state index < -0.39 is 0 Å². The highest BCUT2D eigenvalue weighted by Gasteiger charge is 2.22. The summed E-state index contributed by atoms with van der Waals surface area (Å²) < 4.78 is 0. The lowest BCUT2D eigenvalue weighted by Gasteiger charge is -2.17. The van der Waals surface area contributed by atoms with Crippen molar-refractivity contribution in [2.45, 2.75) is 13.3 Å². The van der Waals surface area contributed by atoms with Gasteiger partial charge in [-0.05, 0) is 57.5 Å². The molecule has 4 aromatic carbocycles. The van der Waals surface area contributed by atoms with Crippen molar-refractivity contribution >= 4 is 16.3 Å². The number of aryl methyl sites for hydroxylation is 1. The van der Waals surface area contributed by atoms with Crippen molar-refractivity contribution in [2.24, 2.45) is 0 Å². The van der Waals surface area contributed by atoms with E-state index in [4.69, 9.17) is 0 Å². The van der Waals surface area contributed by atoms with Crippen LogP contribution < -0.4 is 0 Å². The molecule has 0 N–H and O–H groups in total. The first-order valence-corrected chi connectivity index (χ1v) is 9.19. The summed E-state index contributed by atoms with van der Waals surface area (Å²) in [7, 11) is 0. The van der Waals surface area contributed by atoms with Crippen LogP contribution in [-0.2, 0) is 6.42 Å². The van der Waals surface area contributed by atoms with E-state index in [0.717, 1.165) is 6.42 Å². The normalized spacial score (nSPS) is 12.9. The molecule has 0 radical (unpaired) electrons. The largest absolute Gasteiger partial charge is 0.0716 e. The van der Waals surface area contributed by atoms with Crippen LogP contribution >= 0.6 is 0 Å². The van der Waals surface area contributed by atoms with Crippen LogP contribution in [0.5, 0.6) is 0 Å². The summed E-state index contributed by atoms with van der Waals surface area (Å²) >= 11 is 0. The van der Waals surface area contributed by atoms with Crippen LogP contribution in [0.4, 0.5) is 0 Å². The predicted octanol–water partition coefficient (Wildman–Crippen LogP) is 6.80. The number of benzene rings is 4. The first-order chi connectivity index (χ1) is 12.8. The first kappa shape index (κ1) is 15.2. The lowest BCUT2D eigenvalue weighted by Crippen LogP contribution is -1.95. The summed E-state index contributed by atoms with van der Waals surface area (Å²) in [6.07, 6.45) is 3.39. The fraction of sp³-hybridized carbons (Fsp3) is 0.0769. The fourth-order valence-corrected chi connectivity index (χ4v) is 4.13. The van der Waals surface area contributed by atoms with Gasteiger partial charge in [0.2, 0.25) is 0 Å². The van der Waals surface area contributed by atoms with Crippen LogP contribution in [0.15, 0.2) is 91.0 Å². The Balaban J connectivity index is 1.88. The van der Waals surface area contributed by atoms with Crippen molar-refractivity contribution in [1.29, 1.82) is 0 Å². The Bertz CT molecular complexity index is 1130. The standard InChI is InChI=1S/C26H20/c1-18-12-13-21-17-22-14-15-23(19-8-4-2-5-9-19)26(22)25(24(21)16-18)20-10-6-3-7-11-20/h2-13,15-17H,14H2,1H3. The molecule has 0 spiro atoms. The number of rotatable bonds is 2. The minimum Gasteiger partial charge on any atom is -0.0716 e. The van der Waals surface area contributed by atoms with E-state index in [0.29, 0.717) is 0 Å². The summed E-state index contributed by atoms with van der Waals surface area (Å²) in [4.78, 5) is 0. The molecule has 4 aromatic rings. The van der Waals surface area contributed by atoms with Gasteiger partial charge in [0, 0.05) is 0 Å². The molecule has 0 saturated carbocycles. The van der Waals surface area contributed by atoms with Crippen molar-refractivity contribution in [2.75, 3.05) is 0 Å². The van der Waals surface area contributed by atoms with Gasteiger partial charge >= 0.3 is 0 Å². The molecule has 0 saturated heterocycles. The van der Waals surface area contributed by atoms with Gasteiger partial charge in [0.05, 0.1) is 0 Å². The lowest BCUT2D eigenvalue weighted by molar-refractivity contribution is 1.32. The van der Waals surface area contributed by atoms with Crippen LogP contribution in [-0.4, -0.2) is 0 Å². The number of fused-ring (bicyclic) bond motifs is 2. The number of allylic oxidation sites excluding steroid dienone is 1. The van der Waals surface area contributed by atoms with E-state index in [1.165, 1.54) is 49.7 Å². The Hall–Kier alpha value is -3.12. The Kier molecular flexibility index (Phi) is 3.50. The van der Waals surface area contributed by atoms with E-state index in [1.54, 1.807) is 0 Å². The molecule has 26 heavy (non-hydrogen) atoms. The summed E-state index contributed by atoms with van der Waals surface area (Å²) in [6, 6.07) is 30.8. The minimum absolute atomic E-state index is 1.00. The van der Waals surface area contributed by atoms with E-state index in [9.17, 15) is 0 Å². The quantitative estimate of drug-likeness (QED) is 0.378. The van der Waals surface area contributed by atoms with E-state index in [2.05, 4.69) is 97.9 Å². The van der Waals surface area contributed by atoms with Gasteiger partial charge in [-0.1, -0.05) is 96.6 Å². The highest BCUT2D eigenvalue weighted by atomic mass is 14.3. The second-order valence-electron chi connectivity index (χ2n) is 7.06. The molecule has 0 bridgehead atoms. The van der Waals surface area contributed by atoms with Crippen molar-refractivity contribution < 1.29 is 0 Å². The highest BCUT2D eigenvalue weighted by molar-refractivity contribution is 6.06. The zero-order valence-electron chi connectivity index (χ0n) is 14.9. The second kappa shape index (κ2) is 6.00. The molecule has 0 heteroatoms. The van der Waals surface area contributed by atoms with Gasteiger partial charge < -0.3 is 0 Å². The fourth-order valence-electron chi connectivity index (χ4n) is 4.13. The molecule has 0 nitrogen and oxygen atoms in total. The molecular formula is C26H20. The Morgan fingerprint density at radius 1 is 0.654 bits per heavy atom. The van der Waals surface area contributed by atoms with Gasteiger partial charge in [0.25, 0.3) is 0 Å². The van der Waals surface area contributed by atoms with Crippen molar-refractivity contribution in [3.63, 3.8) is 0 Å². The molecule has 0 aliphatic heterocycles. The molecule has 0 heterocycles. The molecule has 1 aliphatic carbocycles. The smallest absolute Gasteiger partial charge is 0.00237 e. The summed E-state index contributed by atoms with van der Waals surface area (Å²) in [5, 5.41) is 2.68. The summed E-state index contributed by atoms with van der Waals surface area (Å²) in [6.45, 7) is 2.18. The SMILES string of the molecule is Cc1ccc2cc3c(c(-c4ccccc4)c2c1)C(c1ccccc1)=CC3. The maximum atomic E-state index is 2.39. The second-order valence-corrected chi connectivity index (χ2v) is 7.06.